The highest BCUT2D eigenvalue weighted by atomic mass is 79.9. The quantitative estimate of drug-likeness (QED) is 0.904. The highest BCUT2D eigenvalue weighted by Gasteiger charge is 2.28. The van der Waals surface area contributed by atoms with Crippen LogP contribution in [0.1, 0.15) is 19.8 Å². The number of thiazole rings is 1. The van der Waals surface area contributed by atoms with Gasteiger partial charge in [-0.15, -0.1) is 0 Å². The van der Waals surface area contributed by atoms with Crippen molar-refractivity contribution in [3.63, 3.8) is 0 Å². The molecular formula is C13H15BrN2OS. The molecule has 1 unspecified atom stereocenters. The van der Waals surface area contributed by atoms with Gasteiger partial charge in [-0.1, -0.05) is 27.3 Å². The fourth-order valence-corrected chi connectivity index (χ4v) is 3.81. The van der Waals surface area contributed by atoms with Crippen molar-refractivity contribution in [2.75, 3.05) is 18.5 Å². The number of anilines is 1. The zero-order valence-corrected chi connectivity index (χ0v) is 12.6. The van der Waals surface area contributed by atoms with Crippen molar-refractivity contribution < 1.29 is 4.74 Å². The molecule has 1 aromatic heterocycles. The van der Waals surface area contributed by atoms with Gasteiger partial charge in [-0.05, 0) is 38.0 Å². The highest BCUT2D eigenvalue weighted by molar-refractivity contribution is 9.10. The average molecular weight is 327 g/mol. The van der Waals surface area contributed by atoms with Crippen LogP contribution in [0.15, 0.2) is 22.7 Å². The van der Waals surface area contributed by atoms with Crippen LogP contribution in [0.3, 0.4) is 0 Å². The average Bonchev–Trinajstić information content (AvgIpc) is 2.70. The van der Waals surface area contributed by atoms with E-state index in [1.165, 1.54) is 4.70 Å². The number of nitrogens with zero attached hydrogens (tertiary/aromatic N) is 1. The van der Waals surface area contributed by atoms with E-state index < -0.39 is 0 Å². The molecule has 1 N–H and O–H groups in total. The number of aromatic nitrogens is 1. The second-order valence-corrected chi connectivity index (χ2v) is 6.92. The topological polar surface area (TPSA) is 34.2 Å². The molecule has 0 radical (unpaired) electrons. The molecular weight excluding hydrogens is 312 g/mol. The number of benzene rings is 1. The second kappa shape index (κ2) is 4.79. The van der Waals surface area contributed by atoms with E-state index >= 15 is 0 Å². The smallest absolute Gasteiger partial charge is 0.184 e. The molecule has 3 rings (SSSR count). The van der Waals surface area contributed by atoms with Crippen LogP contribution in [0.25, 0.3) is 10.2 Å². The summed E-state index contributed by atoms with van der Waals surface area (Å²) < 4.78 is 7.85. The summed E-state index contributed by atoms with van der Waals surface area (Å²) in [5, 5.41) is 4.52. The molecule has 2 aromatic rings. The summed E-state index contributed by atoms with van der Waals surface area (Å²) in [6.07, 6.45) is 2.24. The first kappa shape index (κ1) is 12.4. The van der Waals surface area contributed by atoms with E-state index in [-0.39, 0.29) is 5.54 Å². The molecule has 1 saturated heterocycles. The molecule has 0 aliphatic carbocycles. The maximum Gasteiger partial charge on any atom is 0.184 e. The molecule has 0 saturated carbocycles. The zero-order chi connectivity index (χ0) is 12.6. The molecule has 0 spiro atoms. The van der Waals surface area contributed by atoms with Gasteiger partial charge in [0.15, 0.2) is 5.13 Å². The van der Waals surface area contributed by atoms with Crippen molar-refractivity contribution >= 4 is 42.6 Å². The molecule has 1 aliphatic rings. The first-order valence-electron chi connectivity index (χ1n) is 6.07. The Labute approximate surface area is 119 Å². The number of ether oxygens (including phenoxy) is 1. The van der Waals surface area contributed by atoms with Gasteiger partial charge in [-0.2, -0.15) is 0 Å². The maximum atomic E-state index is 5.56. The number of fused-ring (bicyclic) bond motifs is 1. The lowest BCUT2D eigenvalue weighted by Gasteiger charge is -2.34. The molecule has 0 amide bonds. The Morgan fingerprint density at radius 3 is 3.17 bits per heavy atom. The van der Waals surface area contributed by atoms with Gasteiger partial charge in [-0.3, -0.25) is 0 Å². The van der Waals surface area contributed by atoms with Gasteiger partial charge in [-0.25, -0.2) is 4.98 Å². The van der Waals surface area contributed by atoms with Crippen molar-refractivity contribution in [2.45, 2.75) is 25.3 Å². The van der Waals surface area contributed by atoms with E-state index in [1.807, 2.05) is 12.1 Å². The Hall–Kier alpha value is -0.650. The summed E-state index contributed by atoms with van der Waals surface area (Å²) in [5.74, 6) is 0. The summed E-state index contributed by atoms with van der Waals surface area (Å²) in [6, 6.07) is 6.18. The van der Waals surface area contributed by atoms with Gasteiger partial charge in [0.25, 0.3) is 0 Å². The zero-order valence-electron chi connectivity index (χ0n) is 10.2. The van der Waals surface area contributed by atoms with Crippen LogP contribution in [0.5, 0.6) is 0 Å². The number of hydrogen-bond donors (Lipinski definition) is 1. The molecule has 0 bridgehead atoms. The Balaban J connectivity index is 1.86. The maximum absolute atomic E-state index is 5.56. The number of hydrogen-bond acceptors (Lipinski definition) is 4. The molecule has 18 heavy (non-hydrogen) atoms. The van der Waals surface area contributed by atoms with Crippen LogP contribution < -0.4 is 5.32 Å². The van der Waals surface area contributed by atoms with Crippen molar-refractivity contribution in [2.24, 2.45) is 0 Å². The fourth-order valence-electron chi connectivity index (χ4n) is 2.24. The monoisotopic (exact) mass is 326 g/mol. The first-order chi connectivity index (χ1) is 8.65. The van der Waals surface area contributed by atoms with E-state index in [4.69, 9.17) is 4.74 Å². The normalized spacial score (nSPS) is 24.3. The van der Waals surface area contributed by atoms with Crippen LogP contribution in [0.2, 0.25) is 0 Å². The minimum absolute atomic E-state index is 0.0172. The third kappa shape index (κ3) is 2.53. The Bertz CT molecular complexity index is 563. The first-order valence-corrected chi connectivity index (χ1v) is 7.68. The Kier molecular flexibility index (Phi) is 3.30. The molecule has 1 atom stereocenters. The molecule has 1 fully saturated rings. The minimum atomic E-state index is 0.0172. The number of nitrogens with one attached hydrogen (secondary N) is 1. The van der Waals surface area contributed by atoms with Gasteiger partial charge in [0.1, 0.15) is 0 Å². The Morgan fingerprint density at radius 2 is 2.39 bits per heavy atom. The van der Waals surface area contributed by atoms with E-state index in [9.17, 15) is 0 Å². The molecule has 1 aliphatic heterocycles. The van der Waals surface area contributed by atoms with Gasteiger partial charge in [0.2, 0.25) is 0 Å². The van der Waals surface area contributed by atoms with Gasteiger partial charge in [0.05, 0.1) is 22.4 Å². The lowest BCUT2D eigenvalue weighted by molar-refractivity contribution is 0.0540. The summed E-state index contributed by atoms with van der Waals surface area (Å²) >= 11 is 5.19. The second-order valence-electron chi connectivity index (χ2n) is 4.97. The Morgan fingerprint density at radius 1 is 1.50 bits per heavy atom. The standard InChI is InChI=1S/C13H15BrN2OS/c1-13(5-2-6-17-8-13)16-12-15-10-4-3-9(14)7-11(10)18-12/h3-4,7H,2,5-6,8H2,1H3,(H,15,16). The third-order valence-corrected chi connectivity index (χ3v) is 4.62. The summed E-state index contributed by atoms with van der Waals surface area (Å²) in [7, 11) is 0. The summed E-state index contributed by atoms with van der Waals surface area (Å²) in [5.41, 5.74) is 1.06. The van der Waals surface area contributed by atoms with Crippen molar-refractivity contribution in [1.82, 2.24) is 4.98 Å². The van der Waals surface area contributed by atoms with Gasteiger partial charge >= 0.3 is 0 Å². The lowest BCUT2D eigenvalue weighted by atomic mass is 9.95. The molecule has 3 nitrogen and oxygen atoms in total. The van der Waals surface area contributed by atoms with Crippen LogP contribution in [0, 0.1) is 0 Å². The largest absolute Gasteiger partial charge is 0.379 e. The highest BCUT2D eigenvalue weighted by Crippen LogP contribution is 2.31. The van der Waals surface area contributed by atoms with Crippen molar-refractivity contribution in [3.05, 3.63) is 22.7 Å². The summed E-state index contributed by atoms with van der Waals surface area (Å²) in [4.78, 5) is 4.62. The predicted molar refractivity (Wildman–Crippen MR) is 79.4 cm³/mol. The van der Waals surface area contributed by atoms with Gasteiger partial charge in [0, 0.05) is 11.1 Å². The number of halogens is 1. The van der Waals surface area contributed by atoms with Gasteiger partial charge < -0.3 is 10.1 Å². The molecule has 96 valence electrons. The van der Waals surface area contributed by atoms with Crippen LogP contribution in [0.4, 0.5) is 5.13 Å². The van der Waals surface area contributed by atoms with Crippen molar-refractivity contribution in [1.29, 1.82) is 0 Å². The van der Waals surface area contributed by atoms with Crippen LogP contribution >= 0.6 is 27.3 Å². The molecule has 2 heterocycles. The van der Waals surface area contributed by atoms with E-state index in [2.05, 4.69) is 39.2 Å². The number of rotatable bonds is 2. The SMILES string of the molecule is CC1(Nc2nc3ccc(Br)cc3s2)CCCOC1. The summed E-state index contributed by atoms with van der Waals surface area (Å²) in [6.45, 7) is 3.84. The van der Waals surface area contributed by atoms with Crippen LogP contribution in [-0.2, 0) is 4.74 Å². The fraction of sp³-hybridized carbons (Fsp3) is 0.462. The van der Waals surface area contributed by atoms with E-state index in [0.717, 1.165) is 41.2 Å². The van der Waals surface area contributed by atoms with Crippen LogP contribution in [-0.4, -0.2) is 23.7 Å². The third-order valence-electron chi connectivity index (χ3n) is 3.20. The van der Waals surface area contributed by atoms with E-state index in [1.54, 1.807) is 11.3 Å². The van der Waals surface area contributed by atoms with Crippen molar-refractivity contribution in [3.8, 4) is 0 Å². The molecule has 1 aromatic carbocycles. The minimum Gasteiger partial charge on any atom is -0.379 e. The van der Waals surface area contributed by atoms with E-state index in [0.29, 0.717) is 0 Å². The lowest BCUT2D eigenvalue weighted by Crippen LogP contribution is -2.42. The predicted octanol–water partition coefficient (Wildman–Crippen LogP) is 4.04. The molecule has 5 heteroatoms.